The molecule has 21 heavy (non-hydrogen) atoms. The summed E-state index contributed by atoms with van der Waals surface area (Å²) in [5.41, 5.74) is 1.27. The fraction of sp³-hybridized carbons (Fsp3) is 0.250. The Morgan fingerprint density at radius 2 is 1.90 bits per heavy atom. The van der Waals surface area contributed by atoms with E-state index in [4.69, 9.17) is 0 Å². The summed E-state index contributed by atoms with van der Waals surface area (Å²) in [5, 5.41) is 5.38. The fourth-order valence-corrected chi connectivity index (χ4v) is 3.89. The maximum absolute atomic E-state index is 4.67. The van der Waals surface area contributed by atoms with Crippen LogP contribution in [0, 0.1) is 13.8 Å². The van der Waals surface area contributed by atoms with Gasteiger partial charge < -0.3 is 5.32 Å². The number of fused-ring (bicyclic) bond motifs is 1. The van der Waals surface area contributed by atoms with Crippen LogP contribution in [0.1, 0.15) is 17.4 Å². The molecule has 0 aliphatic rings. The van der Waals surface area contributed by atoms with Gasteiger partial charge in [0.1, 0.15) is 9.86 Å². The highest BCUT2D eigenvalue weighted by atomic mass is 32.2. The van der Waals surface area contributed by atoms with Crippen molar-refractivity contribution in [2.75, 3.05) is 11.9 Å². The Kier molecular flexibility index (Phi) is 4.12. The number of hydrogen-bond donors (Lipinski definition) is 1. The molecule has 0 bridgehead atoms. The number of anilines is 1. The molecule has 0 saturated heterocycles. The van der Waals surface area contributed by atoms with Gasteiger partial charge in [-0.1, -0.05) is 29.5 Å². The van der Waals surface area contributed by atoms with Gasteiger partial charge in [-0.25, -0.2) is 9.97 Å². The number of nitrogens with one attached hydrogen (secondary N) is 1. The van der Waals surface area contributed by atoms with Gasteiger partial charge in [-0.3, -0.25) is 0 Å². The molecule has 2 aromatic heterocycles. The van der Waals surface area contributed by atoms with Crippen LogP contribution in [0.3, 0.4) is 0 Å². The number of aromatic nitrogens is 2. The Morgan fingerprint density at radius 1 is 1.14 bits per heavy atom. The van der Waals surface area contributed by atoms with Crippen molar-refractivity contribution in [2.24, 2.45) is 0 Å². The summed E-state index contributed by atoms with van der Waals surface area (Å²) >= 11 is 3.41. The lowest BCUT2D eigenvalue weighted by atomic mass is 10.2. The highest BCUT2D eigenvalue weighted by molar-refractivity contribution is 7.99. The van der Waals surface area contributed by atoms with E-state index in [0.29, 0.717) is 5.95 Å². The molecule has 0 amide bonds. The first kappa shape index (κ1) is 14.4. The number of rotatable bonds is 4. The van der Waals surface area contributed by atoms with Gasteiger partial charge in [0.2, 0.25) is 5.95 Å². The lowest BCUT2D eigenvalue weighted by molar-refractivity contribution is 1.05. The van der Waals surface area contributed by atoms with Crippen LogP contribution in [-0.4, -0.2) is 16.5 Å². The van der Waals surface area contributed by atoms with Crippen LogP contribution < -0.4 is 5.32 Å². The van der Waals surface area contributed by atoms with Crippen molar-refractivity contribution in [3.63, 3.8) is 0 Å². The summed E-state index contributed by atoms with van der Waals surface area (Å²) in [6.45, 7) is 7.09. The number of aryl methyl sites for hydroxylation is 2. The first-order chi connectivity index (χ1) is 10.2. The van der Waals surface area contributed by atoms with E-state index in [-0.39, 0.29) is 0 Å². The van der Waals surface area contributed by atoms with Crippen LogP contribution in [0.2, 0.25) is 0 Å². The van der Waals surface area contributed by atoms with E-state index in [0.717, 1.165) is 21.8 Å². The molecule has 0 radical (unpaired) electrons. The first-order valence-electron chi connectivity index (χ1n) is 6.92. The highest BCUT2D eigenvalue weighted by Gasteiger charge is 2.11. The maximum atomic E-state index is 4.67. The van der Waals surface area contributed by atoms with Crippen molar-refractivity contribution in [1.82, 2.24) is 9.97 Å². The molecule has 2 heterocycles. The van der Waals surface area contributed by atoms with Crippen molar-refractivity contribution in [2.45, 2.75) is 30.7 Å². The van der Waals surface area contributed by atoms with Gasteiger partial charge in [-0.15, -0.1) is 11.3 Å². The van der Waals surface area contributed by atoms with Crippen LogP contribution in [0.4, 0.5) is 5.95 Å². The summed E-state index contributed by atoms with van der Waals surface area (Å²) in [7, 11) is 0. The Morgan fingerprint density at radius 3 is 2.62 bits per heavy atom. The topological polar surface area (TPSA) is 37.8 Å². The predicted molar refractivity (Wildman–Crippen MR) is 91.6 cm³/mol. The standard InChI is InChI=1S/C16H17N3S2/c1-4-17-16-18-14-13(9-11(3)20-14)15(19-16)21-12-7-5-10(2)6-8-12/h5-9H,4H2,1-3H3,(H,17,18,19). The molecule has 3 rings (SSSR count). The minimum atomic E-state index is 0.710. The minimum Gasteiger partial charge on any atom is -0.354 e. The Labute approximate surface area is 132 Å². The predicted octanol–water partition coefficient (Wildman–Crippen LogP) is 4.89. The summed E-state index contributed by atoms with van der Waals surface area (Å²) in [5.74, 6) is 0.710. The zero-order valence-electron chi connectivity index (χ0n) is 12.3. The minimum absolute atomic E-state index is 0.710. The molecule has 0 aliphatic carbocycles. The van der Waals surface area contributed by atoms with Crippen molar-refractivity contribution in [1.29, 1.82) is 0 Å². The molecule has 3 nitrogen and oxygen atoms in total. The second kappa shape index (κ2) is 6.03. The molecule has 0 atom stereocenters. The second-order valence-electron chi connectivity index (χ2n) is 4.87. The summed E-state index contributed by atoms with van der Waals surface area (Å²) < 4.78 is 0. The van der Waals surface area contributed by atoms with E-state index >= 15 is 0 Å². The van der Waals surface area contributed by atoms with Crippen molar-refractivity contribution < 1.29 is 0 Å². The van der Waals surface area contributed by atoms with Gasteiger partial charge in [-0.05, 0) is 39.0 Å². The van der Waals surface area contributed by atoms with Crippen LogP contribution >= 0.6 is 23.1 Å². The van der Waals surface area contributed by atoms with E-state index in [1.165, 1.54) is 15.3 Å². The highest BCUT2D eigenvalue weighted by Crippen LogP contribution is 2.35. The average molecular weight is 315 g/mol. The largest absolute Gasteiger partial charge is 0.354 e. The molecule has 0 aliphatic heterocycles. The van der Waals surface area contributed by atoms with Crippen molar-refractivity contribution >= 4 is 39.3 Å². The van der Waals surface area contributed by atoms with Crippen LogP contribution in [-0.2, 0) is 0 Å². The first-order valence-corrected chi connectivity index (χ1v) is 8.55. The molecule has 3 aromatic rings. The van der Waals surface area contributed by atoms with E-state index < -0.39 is 0 Å². The Bertz CT molecular complexity index is 763. The molecule has 0 saturated carbocycles. The summed E-state index contributed by atoms with van der Waals surface area (Å²) in [6.07, 6.45) is 0. The third-order valence-corrected chi connectivity index (χ3v) is 5.01. The normalized spacial score (nSPS) is 11.0. The van der Waals surface area contributed by atoms with Crippen LogP contribution in [0.15, 0.2) is 40.3 Å². The molecular formula is C16H17N3S2. The maximum Gasteiger partial charge on any atom is 0.225 e. The molecule has 5 heteroatoms. The van der Waals surface area contributed by atoms with Crippen molar-refractivity contribution in [3.05, 3.63) is 40.8 Å². The summed E-state index contributed by atoms with van der Waals surface area (Å²) in [4.78, 5) is 12.8. The van der Waals surface area contributed by atoms with Gasteiger partial charge >= 0.3 is 0 Å². The average Bonchev–Trinajstić information content (AvgIpc) is 2.82. The number of benzene rings is 1. The third kappa shape index (κ3) is 3.19. The summed E-state index contributed by atoms with van der Waals surface area (Å²) in [6, 6.07) is 10.7. The van der Waals surface area contributed by atoms with Gasteiger partial charge in [0.25, 0.3) is 0 Å². The monoisotopic (exact) mass is 315 g/mol. The number of thiophene rings is 1. The fourth-order valence-electron chi connectivity index (χ4n) is 2.05. The number of hydrogen-bond acceptors (Lipinski definition) is 5. The van der Waals surface area contributed by atoms with Gasteiger partial charge in [0, 0.05) is 21.7 Å². The lowest BCUT2D eigenvalue weighted by Crippen LogP contribution is -2.02. The van der Waals surface area contributed by atoms with Crippen molar-refractivity contribution in [3.8, 4) is 0 Å². The number of nitrogens with zero attached hydrogens (tertiary/aromatic N) is 2. The van der Waals surface area contributed by atoms with E-state index in [2.05, 4.69) is 66.4 Å². The van der Waals surface area contributed by atoms with Gasteiger partial charge in [-0.2, -0.15) is 0 Å². The third-order valence-electron chi connectivity index (χ3n) is 3.05. The van der Waals surface area contributed by atoms with Crippen LogP contribution in [0.25, 0.3) is 10.2 Å². The van der Waals surface area contributed by atoms with E-state index in [9.17, 15) is 0 Å². The molecule has 1 aromatic carbocycles. The lowest BCUT2D eigenvalue weighted by Gasteiger charge is -2.06. The zero-order chi connectivity index (χ0) is 14.8. The van der Waals surface area contributed by atoms with Crippen LogP contribution in [0.5, 0.6) is 0 Å². The zero-order valence-corrected chi connectivity index (χ0v) is 13.9. The molecule has 0 fully saturated rings. The molecule has 108 valence electrons. The second-order valence-corrected chi connectivity index (χ2v) is 7.17. The smallest absolute Gasteiger partial charge is 0.225 e. The Hall–Kier alpha value is -1.59. The van der Waals surface area contributed by atoms with Gasteiger partial charge in [0.05, 0.1) is 0 Å². The quantitative estimate of drug-likeness (QED) is 0.696. The van der Waals surface area contributed by atoms with Gasteiger partial charge in [0.15, 0.2) is 0 Å². The van der Waals surface area contributed by atoms with E-state index in [1.807, 2.05) is 0 Å². The SMILES string of the molecule is CCNc1nc(Sc2ccc(C)cc2)c2cc(C)sc2n1. The Balaban J connectivity index is 2.04. The molecule has 1 N–H and O–H groups in total. The molecule has 0 unspecified atom stereocenters. The molecule has 0 spiro atoms. The van der Waals surface area contributed by atoms with E-state index in [1.54, 1.807) is 23.1 Å². The molecular weight excluding hydrogens is 298 g/mol.